The van der Waals surface area contributed by atoms with Gasteiger partial charge in [0.25, 0.3) is 0 Å². The van der Waals surface area contributed by atoms with Crippen LogP contribution >= 0.6 is 0 Å². The van der Waals surface area contributed by atoms with Crippen molar-refractivity contribution in [2.45, 2.75) is 69.8 Å². The molecular formula is C16H26N2O3. The molecule has 5 nitrogen and oxygen atoms in total. The fourth-order valence-corrected chi connectivity index (χ4v) is 3.30. The van der Waals surface area contributed by atoms with Gasteiger partial charge in [0.05, 0.1) is 24.5 Å². The van der Waals surface area contributed by atoms with Crippen LogP contribution in [0.4, 0.5) is 0 Å². The van der Waals surface area contributed by atoms with E-state index in [1.807, 2.05) is 16.9 Å². The molecule has 0 amide bonds. The van der Waals surface area contributed by atoms with E-state index in [9.17, 15) is 5.11 Å². The second kappa shape index (κ2) is 5.71. The first-order chi connectivity index (χ1) is 10.0. The van der Waals surface area contributed by atoms with Crippen molar-refractivity contribution in [3.05, 3.63) is 18.0 Å². The number of hydrogen-bond acceptors (Lipinski definition) is 4. The van der Waals surface area contributed by atoms with Crippen molar-refractivity contribution in [3.8, 4) is 0 Å². The van der Waals surface area contributed by atoms with E-state index >= 15 is 0 Å². The topological polar surface area (TPSA) is 56.5 Å². The second-order valence-corrected chi connectivity index (χ2v) is 6.55. The summed E-state index contributed by atoms with van der Waals surface area (Å²) < 4.78 is 13.4. The maximum atomic E-state index is 10.8. The summed E-state index contributed by atoms with van der Waals surface area (Å²) in [5.74, 6) is -0.414. The monoisotopic (exact) mass is 294 g/mol. The zero-order chi connectivity index (χ0) is 14.9. The van der Waals surface area contributed by atoms with Gasteiger partial charge in [0, 0.05) is 31.5 Å². The quantitative estimate of drug-likeness (QED) is 0.926. The van der Waals surface area contributed by atoms with Crippen LogP contribution in [0.25, 0.3) is 0 Å². The molecule has 1 spiro atoms. The Kier molecular flexibility index (Phi) is 4.08. The molecule has 1 saturated carbocycles. The summed E-state index contributed by atoms with van der Waals surface area (Å²) in [5, 5.41) is 15.4. The van der Waals surface area contributed by atoms with Gasteiger partial charge >= 0.3 is 0 Å². The molecule has 2 fully saturated rings. The first-order valence-electron chi connectivity index (χ1n) is 8.09. The Bertz CT molecular complexity index is 470. The zero-order valence-corrected chi connectivity index (χ0v) is 13.0. The third kappa shape index (κ3) is 3.15. The van der Waals surface area contributed by atoms with Crippen LogP contribution in [0.2, 0.25) is 0 Å². The Morgan fingerprint density at radius 3 is 2.57 bits per heavy atom. The molecule has 1 N–H and O–H groups in total. The normalized spacial score (nSPS) is 25.3. The Hall–Kier alpha value is -0.910. The van der Waals surface area contributed by atoms with E-state index in [0.717, 1.165) is 25.0 Å². The SMILES string of the molecule is CCC(C)n1ccc(CC2(O)CCC3(CC2)OCCO3)n1. The van der Waals surface area contributed by atoms with E-state index in [2.05, 4.69) is 18.9 Å². The highest BCUT2D eigenvalue weighted by Crippen LogP contribution is 2.41. The first-order valence-corrected chi connectivity index (χ1v) is 8.09. The molecule has 0 radical (unpaired) electrons. The van der Waals surface area contributed by atoms with Crippen LogP contribution in [-0.2, 0) is 15.9 Å². The number of nitrogens with zero attached hydrogens (tertiary/aromatic N) is 2. The molecule has 1 aliphatic carbocycles. The molecule has 1 unspecified atom stereocenters. The van der Waals surface area contributed by atoms with Gasteiger partial charge in [-0.3, -0.25) is 4.68 Å². The molecule has 118 valence electrons. The van der Waals surface area contributed by atoms with Crippen molar-refractivity contribution in [1.82, 2.24) is 9.78 Å². The molecule has 1 aromatic heterocycles. The summed E-state index contributed by atoms with van der Waals surface area (Å²) in [7, 11) is 0. The van der Waals surface area contributed by atoms with E-state index in [1.54, 1.807) is 0 Å². The summed E-state index contributed by atoms with van der Waals surface area (Å²) >= 11 is 0. The Morgan fingerprint density at radius 2 is 1.95 bits per heavy atom. The van der Waals surface area contributed by atoms with Crippen LogP contribution in [0.15, 0.2) is 12.3 Å². The molecule has 1 saturated heterocycles. The molecule has 2 aliphatic rings. The van der Waals surface area contributed by atoms with Gasteiger partial charge in [-0.15, -0.1) is 0 Å². The van der Waals surface area contributed by atoms with Gasteiger partial charge < -0.3 is 14.6 Å². The van der Waals surface area contributed by atoms with Gasteiger partial charge in [-0.2, -0.15) is 5.10 Å². The first kappa shape index (κ1) is 15.0. The molecule has 2 heterocycles. The minimum atomic E-state index is -0.671. The highest BCUT2D eigenvalue weighted by atomic mass is 16.7. The van der Waals surface area contributed by atoms with Gasteiger partial charge in [-0.1, -0.05) is 6.92 Å². The Morgan fingerprint density at radius 1 is 1.29 bits per heavy atom. The molecule has 0 aromatic carbocycles. The lowest BCUT2D eigenvalue weighted by Crippen LogP contribution is -2.44. The average Bonchev–Trinajstić information content (AvgIpc) is 3.12. The van der Waals surface area contributed by atoms with Crippen molar-refractivity contribution in [1.29, 1.82) is 0 Å². The van der Waals surface area contributed by atoms with E-state index in [-0.39, 0.29) is 0 Å². The van der Waals surface area contributed by atoms with Gasteiger partial charge in [-0.05, 0) is 32.3 Å². The van der Waals surface area contributed by atoms with Crippen molar-refractivity contribution in [2.75, 3.05) is 13.2 Å². The van der Waals surface area contributed by atoms with E-state index in [1.165, 1.54) is 0 Å². The lowest BCUT2D eigenvalue weighted by molar-refractivity contribution is -0.202. The summed E-state index contributed by atoms with van der Waals surface area (Å²) in [5.41, 5.74) is 0.303. The molecule has 1 aliphatic heterocycles. The predicted octanol–water partition coefficient (Wildman–Crippen LogP) is 2.44. The van der Waals surface area contributed by atoms with Gasteiger partial charge in [0.2, 0.25) is 0 Å². The number of ether oxygens (including phenoxy) is 2. The molecular weight excluding hydrogens is 268 g/mol. The highest BCUT2D eigenvalue weighted by molar-refractivity contribution is 5.06. The van der Waals surface area contributed by atoms with Crippen LogP contribution in [0.3, 0.4) is 0 Å². The summed E-state index contributed by atoms with van der Waals surface area (Å²) in [4.78, 5) is 0. The van der Waals surface area contributed by atoms with Crippen molar-refractivity contribution < 1.29 is 14.6 Å². The molecule has 3 rings (SSSR count). The van der Waals surface area contributed by atoms with E-state index < -0.39 is 11.4 Å². The third-order valence-corrected chi connectivity index (χ3v) is 4.97. The van der Waals surface area contributed by atoms with Gasteiger partial charge in [-0.25, -0.2) is 0 Å². The minimum absolute atomic E-state index is 0.406. The summed E-state index contributed by atoms with van der Waals surface area (Å²) in [6.07, 6.45) is 6.66. The van der Waals surface area contributed by atoms with Crippen molar-refractivity contribution in [3.63, 3.8) is 0 Å². The minimum Gasteiger partial charge on any atom is -0.389 e. The standard InChI is InChI=1S/C16H26N2O3/c1-3-13(2)18-9-4-14(17-18)12-15(19)5-7-16(8-6-15)20-10-11-21-16/h4,9,13,19H,3,5-8,10-12H2,1-2H3. The molecule has 1 atom stereocenters. The lowest BCUT2D eigenvalue weighted by Gasteiger charge is -2.40. The van der Waals surface area contributed by atoms with Crippen LogP contribution in [0, 0.1) is 0 Å². The highest BCUT2D eigenvalue weighted by Gasteiger charge is 2.45. The molecule has 0 bridgehead atoms. The fourth-order valence-electron chi connectivity index (χ4n) is 3.30. The van der Waals surface area contributed by atoms with Crippen molar-refractivity contribution >= 4 is 0 Å². The number of hydrogen-bond donors (Lipinski definition) is 1. The Balaban J connectivity index is 1.61. The third-order valence-electron chi connectivity index (χ3n) is 4.97. The molecule has 1 aromatic rings. The maximum Gasteiger partial charge on any atom is 0.168 e. The van der Waals surface area contributed by atoms with E-state index in [0.29, 0.717) is 38.5 Å². The van der Waals surface area contributed by atoms with Gasteiger partial charge in [0.15, 0.2) is 5.79 Å². The smallest absolute Gasteiger partial charge is 0.168 e. The van der Waals surface area contributed by atoms with Crippen LogP contribution in [-0.4, -0.2) is 39.5 Å². The predicted molar refractivity (Wildman–Crippen MR) is 79.0 cm³/mol. The van der Waals surface area contributed by atoms with Crippen molar-refractivity contribution in [2.24, 2.45) is 0 Å². The zero-order valence-electron chi connectivity index (χ0n) is 13.0. The summed E-state index contributed by atoms with van der Waals surface area (Å²) in [6, 6.07) is 2.43. The number of aromatic nitrogens is 2. The maximum absolute atomic E-state index is 10.8. The van der Waals surface area contributed by atoms with E-state index in [4.69, 9.17) is 9.47 Å². The van der Waals surface area contributed by atoms with Crippen LogP contribution in [0.5, 0.6) is 0 Å². The Labute approximate surface area is 126 Å². The van der Waals surface area contributed by atoms with Crippen LogP contribution < -0.4 is 0 Å². The average molecular weight is 294 g/mol. The molecule has 21 heavy (non-hydrogen) atoms. The largest absolute Gasteiger partial charge is 0.389 e. The summed E-state index contributed by atoms with van der Waals surface area (Å²) in [6.45, 7) is 5.67. The lowest BCUT2D eigenvalue weighted by atomic mass is 9.79. The fraction of sp³-hybridized carbons (Fsp3) is 0.812. The number of rotatable bonds is 4. The number of aliphatic hydroxyl groups is 1. The second-order valence-electron chi connectivity index (χ2n) is 6.55. The molecule has 5 heteroatoms. The van der Waals surface area contributed by atoms with Gasteiger partial charge in [0.1, 0.15) is 0 Å². The van der Waals surface area contributed by atoms with Crippen LogP contribution in [0.1, 0.15) is 57.7 Å².